The Balaban J connectivity index is 1.58. The number of anilines is 1. The number of amides is 1. The van der Waals surface area contributed by atoms with E-state index in [0.29, 0.717) is 29.6 Å². The lowest BCUT2D eigenvalue weighted by Gasteiger charge is -2.04. The van der Waals surface area contributed by atoms with E-state index in [1.807, 2.05) is 42.5 Å². The Morgan fingerprint density at radius 1 is 0.929 bits per heavy atom. The van der Waals surface area contributed by atoms with Gasteiger partial charge in [-0.15, -0.1) is 0 Å². The van der Waals surface area contributed by atoms with Gasteiger partial charge >= 0.3 is 6.09 Å². The van der Waals surface area contributed by atoms with Crippen molar-refractivity contribution in [3.05, 3.63) is 77.2 Å². The first-order valence-electron chi connectivity index (χ1n) is 8.51. The molecule has 0 fully saturated rings. The quantitative estimate of drug-likeness (QED) is 0.453. The first kappa shape index (κ1) is 19.2. The number of hydrogen-bond acceptors (Lipinski definition) is 4. The summed E-state index contributed by atoms with van der Waals surface area (Å²) in [6.07, 6.45) is 2.39. The summed E-state index contributed by atoms with van der Waals surface area (Å²) in [6, 6.07) is 15.1. The Morgan fingerprint density at radius 2 is 1.71 bits per heavy atom. The molecule has 3 N–H and O–H groups in total. The van der Waals surface area contributed by atoms with Crippen LogP contribution in [0.3, 0.4) is 0 Å². The van der Waals surface area contributed by atoms with Crippen molar-refractivity contribution >= 4 is 23.5 Å². The van der Waals surface area contributed by atoms with Gasteiger partial charge in [0.25, 0.3) is 0 Å². The van der Waals surface area contributed by atoms with Gasteiger partial charge in [0.1, 0.15) is 11.5 Å². The highest BCUT2D eigenvalue weighted by Gasteiger charge is 1.99. The highest BCUT2D eigenvalue weighted by molar-refractivity contribution is 6.30. The summed E-state index contributed by atoms with van der Waals surface area (Å²) in [7, 11) is 0. The molecule has 1 aromatic carbocycles. The third-order valence-electron chi connectivity index (χ3n) is 3.75. The van der Waals surface area contributed by atoms with Crippen LogP contribution in [0, 0.1) is 11.8 Å². The Labute approximate surface area is 167 Å². The number of rotatable bonds is 5. The monoisotopic (exact) mass is 392 g/mol. The molecule has 0 radical (unpaired) electrons. The van der Waals surface area contributed by atoms with Crippen molar-refractivity contribution in [2.45, 2.75) is 0 Å². The van der Waals surface area contributed by atoms with Gasteiger partial charge in [-0.3, -0.25) is 0 Å². The minimum atomic E-state index is -1.05. The second-order valence-electron chi connectivity index (χ2n) is 5.78. The summed E-state index contributed by atoms with van der Waals surface area (Å²) in [5.41, 5.74) is 3.47. The summed E-state index contributed by atoms with van der Waals surface area (Å²) in [5.74, 6) is 6.70. The van der Waals surface area contributed by atoms with E-state index < -0.39 is 6.09 Å². The Morgan fingerprint density at radius 3 is 2.36 bits per heavy atom. The van der Waals surface area contributed by atoms with Crippen LogP contribution in [0.25, 0.3) is 11.1 Å². The van der Waals surface area contributed by atoms with Crippen LogP contribution in [0.15, 0.2) is 60.9 Å². The van der Waals surface area contributed by atoms with Crippen LogP contribution in [0.1, 0.15) is 11.3 Å². The highest BCUT2D eigenvalue weighted by Crippen LogP contribution is 2.20. The van der Waals surface area contributed by atoms with Gasteiger partial charge in [-0.05, 0) is 41.8 Å². The molecule has 28 heavy (non-hydrogen) atoms. The third-order valence-corrected chi connectivity index (χ3v) is 4.00. The summed E-state index contributed by atoms with van der Waals surface area (Å²) in [5, 5.41) is 14.5. The van der Waals surface area contributed by atoms with Gasteiger partial charge < -0.3 is 15.7 Å². The molecule has 0 spiro atoms. The Bertz CT molecular complexity index is 992. The first-order chi connectivity index (χ1) is 13.6. The average Bonchev–Trinajstić information content (AvgIpc) is 2.71. The predicted octanol–water partition coefficient (Wildman–Crippen LogP) is 3.88. The molecule has 0 bridgehead atoms. The molecule has 0 saturated heterocycles. The van der Waals surface area contributed by atoms with E-state index in [9.17, 15) is 4.79 Å². The normalized spacial score (nSPS) is 9.89. The lowest BCUT2D eigenvalue weighted by Crippen LogP contribution is -2.27. The smallest absolute Gasteiger partial charge is 0.404 e. The summed E-state index contributed by atoms with van der Waals surface area (Å²) >= 11 is 5.91. The fraction of sp³-hybridized carbons (Fsp3) is 0.0952. The molecule has 140 valence electrons. The van der Waals surface area contributed by atoms with Gasteiger partial charge in [-0.1, -0.05) is 35.7 Å². The molecule has 0 aliphatic heterocycles. The maximum absolute atomic E-state index is 10.4. The molecule has 2 heterocycles. The summed E-state index contributed by atoms with van der Waals surface area (Å²) < 4.78 is 0. The fourth-order valence-corrected chi connectivity index (χ4v) is 2.48. The molecular formula is C21H17ClN4O2. The van der Waals surface area contributed by atoms with Crippen LogP contribution in [-0.2, 0) is 0 Å². The van der Waals surface area contributed by atoms with Gasteiger partial charge in [0.15, 0.2) is 0 Å². The van der Waals surface area contributed by atoms with Gasteiger partial charge in [-0.2, -0.15) is 0 Å². The zero-order chi connectivity index (χ0) is 19.8. The highest BCUT2D eigenvalue weighted by atomic mass is 35.5. The van der Waals surface area contributed by atoms with E-state index in [4.69, 9.17) is 16.7 Å². The Kier molecular flexibility index (Phi) is 6.45. The molecule has 7 heteroatoms. The van der Waals surface area contributed by atoms with Crippen LogP contribution in [0.2, 0.25) is 5.02 Å². The number of carboxylic acid groups (broad SMARTS) is 1. The molecule has 0 aliphatic rings. The number of benzene rings is 1. The van der Waals surface area contributed by atoms with Crippen molar-refractivity contribution in [2.75, 3.05) is 18.4 Å². The summed E-state index contributed by atoms with van der Waals surface area (Å²) in [6.45, 7) is 0.754. The molecule has 2 aromatic heterocycles. The fourth-order valence-electron chi connectivity index (χ4n) is 2.35. The average molecular weight is 393 g/mol. The molecule has 0 aliphatic carbocycles. The number of halogens is 1. The zero-order valence-electron chi connectivity index (χ0n) is 14.8. The number of hydrogen-bond donors (Lipinski definition) is 3. The number of aromatic nitrogens is 2. The third kappa shape index (κ3) is 5.73. The lowest BCUT2D eigenvalue weighted by molar-refractivity contribution is 0.195. The van der Waals surface area contributed by atoms with Crippen LogP contribution >= 0.6 is 11.6 Å². The lowest BCUT2D eigenvalue weighted by atomic mass is 10.1. The van der Waals surface area contributed by atoms with E-state index >= 15 is 0 Å². The molecule has 0 saturated carbocycles. The van der Waals surface area contributed by atoms with Crippen LogP contribution in [0.4, 0.5) is 10.6 Å². The second-order valence-corrected chi connectivity index (χ2v) is 6.22. The van der Waals surface area contributed by atoms with E-state index in [2.05, 4.69) is 32.4 Å². The van der Waals surface area contributed by atoms with Crippen molar-refractivity contribution in [2.24, 2.45) is 0 Å². The second kappa shape index (κ2) is 9.40. The molecule has 3 aromatic rings. The standard InChI is InChI=1S/C21H17ClN4O2/c22-18-6-3-16(4-7-18)17-5-9-19(25-14-17)8-1-15-2-10-20(26-13-15)23-11-12-24-21(27)28/h2-7,9-10,13-14,24H,11-12H2,(H,23,26)(H,27,28). The zero-order valence-corrected chi connectivity index (χ0v) is 15.6. The minimum absolute atomic E-state index is 0.302. The minimum Gasteiger partial charge on any atom is -0.465 e. The number of nitrogens with zero attached hydrogens (tertiary/aromatic N) is 2. The van der Waals surface area contributed by atoms with E-state index in [1.54, 1.807) is 18.5 Å². The van der Waals surface area contributed by atoms with Crippen molar-refractivity contribution in [1.82, 2.24) is 15.3 Å². The van der Waals surface area contributed by atoms with Gasteiger partial charge in [0, 0.05) is 41.6 Å². The van der Waals surface area contributed by atoms with Crippen LogP contribution < -0.4 is 10.6 Å². The van der Waals surface area contributed by atoms with Crippen molar-refractivity contribution in [3.8, 4) is 23.0 Å². The molecule has 1 amide bonds. The van der Waals surface area contributed by atoms with Crippen molar-refractivity contribution in [1.29, 1.82) is 0 Å². The van der Waals surface area contributed by atoms with Gasteiger partial charge in [-0.25, -0.2) is 14.8 Å². The van der Waals surface area contributed by atoms with Crippen molar-refractivity contribution < 1.29 is 9.90 Å². The molecule has 6 nitrogen and oxygen atoms in total. The topological polar surface area (TPSA) is 87.1 Å². The largest absolute Gasteiger partial charge is 0.465 e. The Hall–Kier alpha value is -3.56. The summed E-state index contributed by atoms with van der Waals surface area (Å²) in [4.78, 5) is 19.0. The molecule has 0 unspecified atom stereocenters. The number of nitrogens with one attached hydrogen (secondary N) is 2. The molecular weight excluding hydrogens is 376 g/mol. The van der Waals surface area contributed by atoms with Crippen LogP contribution in [-0.4, -0.2) is 34.3 Å². The van der Waals surface area contributed by atoms with Gasteiger partial charge in [0.05, 0.1) is 0 Å². The first-order valence-corrected chi connectivity index (χ1v) is 8.89. The maximum atomic E-state index is 10.4. The number of pyridine rings is 2. The van der Waals surface area contributed by atoms with E-state index in [-0.39, 0.29) is 0 Å². The van der Waals surface area contributed by atoms with Gasteiger partial charge in [0.2, 0.25) is 0 Å². The van der Waals surface area contributed by atoms with Crippen LogP contribution in [0.5, 0.6) is 0 Å². The van der Waals surface area contributed by atoms with Crippen molar-refractivity contribution in [3.63, 3.8) is 0 Å². The molecule has 3 rings (SSSR count). The number of carbonyl (C=O) groups is 1. The SMILES string of the molecule is O=C(O)NCCNc1ccc(C#Cc2ccc(-c3ccc(Cl)cc3)cn2)cn1. The predicted molar refractivity (Wildman–Crippen MR) is 109 cm³/mol. The van der Waals surface area contributed by atoms with E-state index in [0.717, 1.165) is 16.7 Å². The van der Waals surface area contributed by atoms with E-state index in [1.165, 1.54) is 0 Å². The maximum Gasteiger partial charge on any atom is 0.404 e. The molecule has 0 atom stereocenters.